The molecule has 2 fully saturated rings. The number of amides is 2. The Balaban J connectivity index is 0.867. The van der Waals surface area contributed by atoms with Crippen LogP contribution in [-0.4, -0.2) is 107 Å². The summed E-state index contributed by atoms with van der Waals surface area (Å²) in [5.74, 6) is -1.43. The summed E-state index contributed by atoms with van der Waals surface area (Å²) >= 11 is 0. The van der Waals surface area contributed by atoms with Crippen molar-refractivity contribution in [2.75, 3.05) is 50.9 Å². The number of hydrogen-bond donors (Lipinski definition) is 2. The molecule has 0 bridgehead atoms. The Morgan fingerprint density at radius 3 is 2.31 bits per heavy atom. The van der Waals surface area contributed by atoms with Crippen molar-refractivity contribution in [2.45, 2.75) is 69.6 Å². The van der Waals surface area contributed by atoms with Gasteiger partial charge in [0, 0.05) is 79.7 Å². The number of halogens is 7. The van der Waals surface area contributed by atoms with E-state index in [1.165, 1.54) is 34.1 Å². The van der Waals surface area contributed by atoms with E-state index in [2.05, 4.69) is 15.2 Å². The minimum Gasteiger partial charge on any atom is -0.379 e. The van der Waals surface area contributed by atoms with E-state index in [0.717, 1.165) is 6.07 Å². The summed E-state index contributed by atoms with van der Waals surface area (Å²) in [5, 5.41) is 7.40. The minimum atomic E-state index is -4.87. The van der Waals surface area contributed by atoms with Crippen LogP contribution in [0.15, 0.2) is 76.3 Å². The highest BCUT2D eigenvalue weighted by molar-refractivity contribution is 5.95. The monoisotopic (exact) mass is 872 g/mol. The Morgan fingerprint density at radius 1 is 0.855 bits per heavy atom. The van der Waals surface area contributed by atoms with E-state index in [4.69, 9.17) is 9.47 Å². The zero-order chi connectivity index (χ0) is 44.3. The van der Waals surface area contributed by atoms with Gasteiger partial charge in [0.15, 0.2) is 6.10 Å². The number of carbonyl (C=O) groups excluding carboxylic acids is 2. The number of benzene rings is 3. The number of anilines is 1. The van der Waals surface area contributed by atoms with Crippen LogP contribution >= 0.6 is 0 Å². The number of rotatable bonds is 13. The number of nitrogens with zero attached hydrogens (tertiary/aromatic N) is 4. The number of nitrogens with one attached hydrogen (secondary N) is 2. The fraction of sp³-hybridized carbons (Fsp3) is 0.419. The zero-order valence-corrected chi connectivity index (χ0v) is 33.5. The number of aromatic nitrogens is 3. The van der Waals surface area contributed by atoms with Gasteiger partial charge < -0.3 is 29.2 Å². The van der Waals surface area contributed by atoms with Crippen LogP contribution in [0.1, 0.15) is 59.8 Å². The molecule has 0 aliphatic carbocycles. The molecule has 2 aliphatic rings. The lowest BCUT2D eigenvalue weighted by Gasteiger charge is -2.36. The molecule has 0 spiro atoms. The number of aromatic amines is 2. The number of hydrogen-bond acceptors (Lipinski definition) is 8. The van der Waals surface area contributed by atoms with Crippen molar-refractivity contribution in [3.8, 4) is 0 Å². The van der Waals surface area contributed by atoms with Gasteiger partial charge in [-0.1, -0.05) is 24.3 Å². The molecular formula is C43H43F7N6O6. The van der Waals surface area contributed by atoms with Gasteiger partial charge in [-0.3, -0.25) is 19.2 Å². The predicted molar refractivity (Wildman–Crippen MR) is 214 cm³/mol. The average molecular weight is 873 g/mol. The second-order valence-electron chi connectivity index (χ2n) is 15.4. The van der Waals surface area contributed by atoms with Crippen molar-refractivity contribution in [1.82, 2.24) is 25.0 Å². The zero-order valence-electron chi connectivity index (χ0n) is 33.5. The Morgan fingerprint density at radius 2 is 1.58 bits per heavy atom. The van der Waals surface area contributed by atoms with E-state index in [0.29, 0.717) is 34.5 Å². The Kier molecular flexibility index (Phi) is 13.0. The lowest BCUT2D eigenvalue weighted by Crippen LogP contribution is -2.50. The SMILES string of the molecule is C[C@H]1CCC(C(OCCOCCCC(=O)N2CCN(C(=O)c3cc(Cc4n[nH]c(=O)c5ccccc45)ccc3F)CC2)C(F)(F)F)N1c1ccc2[nH]c(=O)cc(C(F)(F)F)c2c1. The van der Waals surface area contributed by atoms with Crippen LogP contribution in [0.25, 0.3) is 21.7 Å². The molecule has 0 radical (unpaired) electrons. The maximum absolute atomic E-state index is 14.9. The van der Waals surface area contributed by atoms with Crippen LogP contribution in [0.4, 0.5) is 36.4 Å². The fourth-order valence-electron chi connectivity index (χ4n) is 8.32. The van der Waals surface area contributed by atoms with E-state index in [1.807, 2.05) is 0 Å². The highest BCUT2D eigenvalue weighted by atomic mass is 19.4. The Labute approximate surface area is 349 Å². The van der Waals surface area contributed by atoms with Gasteiger partial charge in [0.05, 0.1) is 41.5 Å². The summed E-state index contributed by atoms with van der Waals surface area (Å²) in [5.41, 5.74) is -1.40. The lowest BCUT2D eigenvalue weighted by molar-refractivity contribution is -0.228. The third-order valence-corrected chi connectivity index (χ3v) is 11.3. The number of alkyl halides is 6. The number of ether oxygens (including phenoxy) is 2. The van der Waals surface area contributed by atoms with Crippen molar-refractivity contribution in [3.05, 3.63) is 116 Å². The number of H-pyrrole nitrogens is 2. The first-order chi connectivity index (χ1) is 29.5. The first-order valence-corrected chi connectivity index (χ1v) is 20.1. The highest BCUT2D eigenvalue weighted by Crippen LogP contribution is 2.41. The number of pyridine rings is 1. The molecule has 2 aliphatic heterocycles. The largest absolute Gasteiger partial charge is 0.417 e. The van der Waals surface area contributed by atoms with E-state index < -0.39 is 60.0 Å². The Bertz CT molecular complexity index is 2550. The molecule has 3 atom stereocenters. The first kappa shape index (κ1) is 44.2. The van der Waals surface area contributed by atoms with E-state index in [-0.39, 0.29) is 98.7 Å². The van der Waals surface area contributed by atoms with Gasteiger partial charge in [0.2, 0.25) is 11.5 Å². The molecule has 2 aromatic heterocycles. The molecule has 7 rings (SSSR count). The van der Waals surface area contributed by atoms with E-state index in [9.17, 15) is 49.9 Å². The van der Waals surface area contributed by atoms with Crippen molar-refractivity contribution in [2.24, 2.45) is 0 Å². The third kappa shape index (κ3) is 9.78. The van der Waals surface area contributed by atoms with Crippen molar-refractivity contribution in [1.29, 1.82) is 0 Å². The topological polar surface area (TPSA) is 141 Å². The summed E-state index contributed by atoms with van der Waals surface area (Å²) in [6.07, 6.45) is -11.0. The predicted octanol–water partition coefficient (Wildman–Crippen LogP) is 6.60. The molecular weight excluding hydrogens is 829 g/mol. The van der Waals surface area contributed by atoms with Crippen LogP contribution in [0.2, 0.25) is 0 Å². The van der Waals surface area contributed by atoms with E-state index in [1.54, 1.807) is 42.2 Å². The van der Waals surface area contributed by atoms with Crippen LogP contribution < -0.4 is 16.0 Å². The average Bonchev–Trinajstić information content (AvgIpc) is 3.62. The molecule has 12 nitrogen and oxygen atoms in total. The molecule has 4 heterocycles. The number of fused-ring (bicyclic) bond motifs is 2. The maximum atomic E-state index is 14.9. The van der Waals surface area contributed by atoms with Gasteiger partial charge in [-0.15, -0.1) is 0 Å². The van der Waals surface area contributed by atoms with Gasteiger partial charge in [0.1, 0.15) is 5.82 Å². The third-order valence-electron chi connectivity index (χ3n) is 11.3. The van der Waals surface area contributed by atoms with Crippen molar-refractivity contribution < 1.29 is 49.8 Å². The molecule has 2 unspecified atom stereocenters. The van der Waals surface area contributed by atoms with Gasteiger partial charge in [0.25, 0.3) is 11.5 Å². The molecule has 2 amide bonds. The van der Waals surface area contributed by atoms with Gasteiger partial charge in [-0.05, 0) is 68.1 Å². The maximum Gasteiger partial charge on any atom is 0.417 e. The molecule has 330 valence electrons. The van der Waals surface area contributed by atoms with Crippen LogP contribution in [-0.2, 0) is 26.9 Å². The molecule has 2 N–H and O–H groups in total. The lowest BCUT2D eigenvalue weighted by atomic mass is 10.0. The smallest absolute Gasteiger partial charge is 0.379 e. The molecule has 3 aromatic carbocycles. The van der Waals surface area contributed by atoms with Gasteiger partial charge in [-0.25, -0.2) is 9.49 Å². The summed E-state index contributed by atoms with van der Waals surface area (Å²) < 4.78 is 111. The minimum absolute atomic E-state index is 0.0531. The normalized spacial score (nSPS) is 17.9. The van der Waals surface area contributed by atoms with Crippen molar-refractivity contribution >= 4 is 39.2 Å². The summed E-state index contributed by atoms with van der Waals surface area (Å²) in [7, 11) is 0. The fourth-order valence-corrected chi connectivity index (χ4v) is 8.32. The highest BCUT2D eigenvalue weighted by Gasteiger charge is 2.51. The molecule has 19 heteroatoms. The Hall–Kier alpha value is -5.82. The quantitative estimate of drug-likeness (QED) is 0.0997. The molecule has 5 aromatic rings. The van der Waals surface area contributed by atoms with Gasteiger partial charge in [-0.2, -0.15) is 31.4 Å². The summed E-state index contributed by atoms with van der Waals surface area (Å²) in [6.45, 7) is 1.85. The summed E-state index contributed by atoms with van der Waals surface area (Å²) in [6, 6.07) is 13.7. The second kappa shape index (κ2) is 18.3. The summed E-state index contributed by atoms with van der Waals surface area (Å²) in [4.78, 5) is 57.2. The molecule has 0 saturated carbocycles. The number of piperazine rings is 1. The molecule has 62 heavy (non-hydrogen) atoms. The van der Waals surface area contributed by atoms with E-state index >= 15 is 0 Å². The standard InChI is InChI=1S/C43H43F7N6O6/c1-25-8-13-36(56(25)27-10-12-34-30(23-27)32(42(45,46)47)24-37(57)51-34)39(43(48,49)50)62-20-19-61-18-4-7-38(58)54-14-16-55(17-15-54)41(60)31-21-26(9-11-33(31)44)22-35-28-5-2-3-6-29(28)40(59)53-52-35/h2-3,5-6,9-12,21,23-25,36,39H,4,7-8,13-20,22H2,1H3,(H,51,57)(H,53,59)/t25-,36?,39?/m0/s1. The van der Waals surface area contributed by atoms with Crippen LogP contribution in [0.5, 0.6) is 0 Å². The molecule has 2 saturated heterocycles. The number of carbonyl (C=O) groups is 2. The van der Waals surface area contributed by atoms with Crippen molar-refractivity contribution in [3.63, 3.8) is 0 Å². The van der Waals surface area contributed by atoms with Gasteiger partial charge >= 0.3 is 12.4 Å². The first-order valence-electron chi connectivity index (χ1n) is 20.1. The van der Waals surface area contributed by atoms with Crippen LogP contribution in [0, 0.1) is 5.82 Å². The van der Waals surface area contributed by atoms with Crippen LogP contribution in [0.3, 0.4) is 0 Å². The second-order valence-corrected chi connectivity index (χ2v) is 15.4.